The average molecular weight is 239 g/mol. The molecule has 1 saturated carbocycles. The van der Waals surface area contributed by atoms with Gasteiger partial charge in [0.15, 0.2) is 0 Å². The minimum absolute atomic E-state index is 0.0653. The van der Waals surface area contributed by atoms with E-state index in [-0.39, 0.29) is 5.91 Å². The van der Waals surface area contributed by atoms with Crippen molar-refractivity contribution in [1.82, 2.24) is 4.90 Å². The summed E-state index contributed by atoms with van der Waals surface area (Å²) >= 11 is 6.01. The quantitative estimate of drug-likeness (QED) is 0.878. The summed E-state index contributed by atoms with van der Waals surface area (Å²) in [5.74, 6) is -0.0653. The predicted molar refractivity (Wildman–Crippen MR) is 66.1 cm³/mol. The molecule has 0 radical (unpaired) electrons. The lowest BCUT2D eigenvalue weighted by molar-refractivity contribution is 0.0828. The fourth-order valence-corrected chi connectivity index (χ4v) is 1.68. The first kappa shape index (κ1) is 11.3. The Bertz CT molecular complexity index is 413. The molecule has 0 aliphatic heterocycles. The van der Waals surface area contributed by atoms with Crippen LogP contribution >= 0.6 is 11.6 Å². The first-order valence-corrected chi connectivity index (χ1v) is 5.73. The molecule has 1 aliphatic carbocycles. The van der Waals surface area contributed by atoms with E-state index >= 15 is 0 Å². The fraction of sp³-hybridized carbons (Fsp3) is 0.417. The second-order valence-corrected chi connectivity index (χ2v) is 4.72. The molecule has 0 atom stereocenters. The van der Waals surface area contributed by atoms with Crippen molar-refractivity contribution in [2.45, 2.75) is 18.9 Å². The molecule has 0 aromatic heterocycles. The minimum atomic E-state index is -0.0653. The van der Waals surface area contributed by atoms with Crippen molar-refractivity contribution >= 4 is 23.2 Å². The maximum Gasteiger partial charge on any atom is 0.254 e. The zero-order chi connectivity index (χ0) is 11.7. The van der Waals surface area contributed by atoms with Crippen LogP contribution in [-0.2, 0) is 0 Å². The molecule has 1 aromatic rings. The van der Waals surface area contributed by atoms with Crippen LogP contribution in [0.5, 0.6) is 0 Å². The standard InChI is InChI=1S/C12H15ClN2O/c1-15(2)12(16)10-7-9(5-6-11(10)13)14-8-3-4-8/h5-8,14H,3-4H2,1-2H3. The van der Waals surface area contributed by atoms with Crippen LogP contribution in [0.1, 0.15) is 23.2 Å². The number of hydrogen-bond acceptors (Lipinski definition) is 2. The van der Waals surface area contributed by atoms with Crippen molar-refractivity contribution < 1.29 is 4.79 Å². The van der Waals surface area contributed by atoms with E-state index in [1.165, 1.54) is 17.7 Å². The molecule has 1 N–H and O–H groups in total. The molecular formula is C12H15ClN2O. The van der Waals surface area contributed by atoms with Gasteiger partial charge in [-0.15, -0.1) is 0 Å². The Labute approximate surface area is 100 Å². The van der Waals surface area contributed by atoms with E-state index in [9.17, 15) is 4.79 Å². The molecule has 0 heterocycles. The van der Waals surface area contributed by atoms with Crippen molar-refractivity contribution in [3.05, 3.63) is 28.8 Å². The van der Waals surface area contributed by atoms with Crippen LogP contribution < -0.4 is 5.32 Å². The van der Waals surface area contributed by atoms with Gasteiger partial charge in [0.1, 0.15) is 0 Å². The van der Waals surface area contributed by atoms with Crippen LogP contribution in [-0.4, -0.2) is 30.9 Å². The number of rotatable bonds is 3. The highest BCUT2D eigenvalue weighted by Crippen LogP contribution is 2.27. The highest BCUT2D eigenvalue weighted by Gasteiger charge is 2.21. The normalized spacial score (nSPS) is 14.7. The number of carbonyl (C=O) groups is 1. The van der Waals surface area contributed by atoms with Crippen LogP contribution in [0.4, 0.5) is 5.69 Å². The molecule has 86 valence electrons. The number of halogens is 1. The lowest BCUT2D eigenvalue weighted by Gasteiger charge is -2.13. The van der Waals surface area contributed by atoms with Gasteiger partial charge in [0.05, 0.1) is 10.6 Å². The van der Waals surface area contributed by atoms with E-state index in [0.717, 1.165) is 5.69 Å². The Hall–Kier alpha value is -1.22. The van der Waals surface area contributed by atoms with Crippen LogP contribution in [0.25, 0.3) is 0 Å². The average Bonchev–Trinajstić information content (AvgIpc) is 3.03. The maximum atomic E-state index is 11.8. The Morgan fingerprint density at radius 3 is 2.69 bits per heavy atom. The summed E-state index contributed by atoms with van der Waals surface area (Å²) in [5.41, 5.74) is 1.52. The summed E-state index contributed by atoms with van der Waals surface area (Å²) in [6.45, 7) is 0. The minimum Gasteiger partial charge on any atom is -0.382 e. The number of amides is 1. The maximum absolute atomic E-state index is 11.8. The van der Waals surface area contributed by atoms with Gasteiger partial charge >= 0.3 is 0 Å². The Morgan fingerprint density at radius 1 is 1.44 bits per heavy atom. The van der Waals surface area contributed by atoms with Gasteiger partial charge in [0.2, 0.25) is 0 Å². The van der Waals surface area contributed by atoms with Crippen molar-refractivity contribution in [3.63, 3.8) is 0 Å². The monoisotopic (exact) mass is 238 g/mol. The van der Waals surface area contributed by atoms with Crippen molar-refractivity contribution in [2.75, 3.05) is 19.4 Å². The van der Waals surface area contributed by atoms with Gasteiger partial charge in [-0.25, -0.2) is 0 Å². The number of hydrogen-bond donors (Lipinski definition) is 1. The summed E-state index contributed by atoms with van der Waals surface area (Å²) in [7, 11) is 3.44. The third-order valence-electron chi connectivity index (χ3n) is 2.55. The number of nitrogens with zero attached hydrogens (tertiary/aromatic N) is 1. The van der Waals surface area contributed by atoms with Crippen LogP contribution in [0.2, 0.25) is 5.02 Å². The molecule has 0 unspecified atom stereocenters. The largest absolute Gasteiger partial charge is 0.382 e. The van der Waals surface area contributed by atoms with E-state index in [4.69, 9.17) is 11.6 Å². The number of benzene rings is 1. The molecule has 16 heavy (non-hydrogen) atoms. The molecule has 1 aliphatic rings. The van der Waals surface area contributed by atoms with E-state index in [1.807, 2.05) is 12.1 Å². The Kier molecular flexibility index (Phi) is 3.06. The van der Waals surface area contributed by atoms with Crippen molar-refractivity contribution in [1.29, 1.82) is 0 Å². The summed E-state index contributed by atoms with van der Waals surface area (Å²) < 4.78 is 0. The van der Waals surface area contributed by atoms with E-state index in [2.05, 4.69) is 5.32 Å². The molecule has 0 spiro atoms. The second-order valence-electron chi connectivity index (χ2n) is 4.31. The van der Waals surface area contributed by atoms with Gasteiger partial charge < -0.3 is 10.2 Å². The van der Waals surface area contributed by atoms with Gasteiger partial charge in [0.25, 0.3) is 5.91 Å². The molecule has 1 fully saturated rings. The van der Waals surface area contributed by atoms with E-state index in [1.54, 1.807) is 20.2 Å². The number of carbonyl (C=O) groups excluding carboxylic acids is 1. The zero-order valence-electron chi connectivity index (χ0n) is 9.46. The van der Waals surface area contributed by atoms with Crippen LogP contribution in [0.15, 0.2) is 18.2 Å². The molecule has 2 rings (SSSR count). The van der Waals surface area contributed by atoms with Gasteiger partial charge in [-0.1, -0.05) is 11.6 Å². The smallest absolute Gasteiger partial charge is 0.254 e. The van der Waals surface area contributed by atoms with E-state index < -0.39 is 0 Å². The SMILES string of the molecule is CN(C)C(=O)c1cc(NC2CC2)ccc1Cl. The predicted octanol–water partition coefficient (Wildman–Crippen LogP) is 2.62. The molecule has 0 bridgehead atoms. The highest BCUT2D eigenvalue weighted by molar-refractivity contribution is 6.34. The van der Waals surface area contributed by atoms with Gasteiger partial charge in [0, 0.05) is 25.8 Å². The molecule has 3 nitrogen and oxygen atoms in total. The lowest BCUT2D eigenvalue weighted by Crippen LogP contribution is -2.22. The summed E-state index contributed by atoms with van der Waals surface area (Å²) in [6, 6.07) is 6.07. The Balaban J connectivity index is 2.24. The first-order valence-electron chi connectivity index (χ1n) is 5.35. The first-order chi connectivity index (χ1) is 7.58. The molecule has 4 heteroatoms. The zero-order valence-corrected chi connectivity index (χ0v) is 10.2. The van der Waals surface area contributed by atoms with Crippen LogP contribution in [0, 0.1) is 0 Å². The van der Waals surface area contributed by atoms with Gasteiger partial charge in [-0.05, 0) is 31.0 Å². The van der Waals surface area contributed by atoms with Gasteiger partial charge in [-0.2, -0.15) is 0 Å². The lowest BCUT2D eigenvalue weighted by atomic mass is 10.1. The second kappa shape index (κ2) is 4.34. The summed E-state index contributed by atoms with van der Waals surface area (Å²) in [5, 5.41) is 3.85. The van der Waals surface area contributed by atoms with Crippen molar-refractivity contribution in [2.24, 2.45) is 0 Å². The van der Waals surface area contributed by atoms with E-state index in [0.29, 0.717) is 16.6 Å². The Morgan fingerprint density at radius 2 is 2.12 bits per heavy atom. The third-order valence-corrected chi connectivity index (χ3v) is 2.88. The molecule has 1 aromatic carbocycles. The molecular weight excluding hydrogens is 224 g/mol. The van der Waals surface area contributed by atoms with Gasteiger partial charge in [-0.3, -0.25) is 4.79 Å². The molecule has 1 amide bonds. The third kappa shape index (κ3) is 2.47. The summed E-state index contributed by atoms with van der Waals surface area (Å²) in [6.07, 6.45) is 2.42. The molecule has 0 saturated heterocycles. The number of nitrogens with one attached hydrogen (secondary N) is 1. The fourth-order valence-electron chi connectivity index (χ4n) is 1.48. The topological polar surface area (TPSA) is 32.3 Å². The highest BCUT2D eigenvalue weighted by atomic mass is 35.5. The van der Waals surface area contributed by atoms with Crippen molar-refractivity contribution in [3.8, 4) is 0 Å². The number of anilines is 1. The summed E-state index contributed by atoms with van der Waals surface area (Å²) in [4.78, 5) is 13.4. The van der Waals surface area contributed by atoms with Crippen LogP contribution in [0.3, 0.4) is 0 Å².